The summed E-state index contributed by atoms with van der Waals surface area (Å²) in [6.07, 6.45) is 0. The maximum absolute atomic E-state index is 10.9. The zero-order valence-corrected chi connectivity index (χ0v) is 10.4. The van der Waals surface area contributed by atoms with Crippen LogP contribution >= 0.6 is 15.9 Å². The van der Waals surface area contributed by atoms with Crippen LogP contribution in [-0.2, 0) is 4.79 Å². The molecule has 1 unspecified atom stereocenters. The number of nitrogens with two attached hydrogens (primary N) is 1. The molecule has 0 aromatic heterocycles. The predicted octanol–water partition coefficient (Wildman–Crippen LogP) is 1.56. The molecule has 1 rings (SSSR count). The molecule has 0 heterocycles. The number of phenols is 1. The number of aromatic hydroxyl groups is 1. The molecule has 1 aromatic rings. The van der Waals surface area contributed by atoms with Crippen LogP contribution in [0.5, 0.6) is 11.5 Å². The Morgan fingerprint density at radius 1 is 1.62 bits per heavy atom. The van der Waals surface area contributed by atoms with Gasteiger partial charge in [0, 0.05) is 10.0 Å². The fraction of sp³-hybridized carbons (Fsp3) is 0.300. The van der Waals surface area contributed by atoms with Crippen molar-refractivity contribution in [2.45, 2.75) is 13.0 Å². The topological polar surface area (TPSA) is 92.8 Å². The summed E-state index contributed by atoms with van der Waals surface area (Å²) in [5.74, 6) is -1.24. The van der Waals surface area contributed by atoms with E-state index in [4.69, 9.17) is 15.6 Å². The van der Waals surface area contributed by atoms with Crippen molar-refractivity contribution in [3.05, 3.63) is 21.7 Å². The third-order valence-corrected chi connectivity index (χ3v) is 3.11. The molecule has 0 fully saturated rings. The molecule has 5 nitrogen and oxygen atoms in total. The van der Waals surface area contributed by atoms with Gasteiger partial charge in [-0.05, 0) is 18.6 Å². The molecule has 0 saturated heterocycles. The van der Waals surface area contributed by atoms with Crippen LogP contribution in [0.3, 0.4) is 0 Å². The first kappa shape index (κ1) is 12.8. The number of carboxylic acid groups (broad SMARTS) is 1. The molecule has 88 valence electrons. The van der Waals surface area contributed by atoms with Crippen LogP contribution < -0.4 is 10.5 Å². The van der Waals surface area contributed by atoms with Crippen molar-refractivity contribution in [2.75, 3.05) is 7.11 Å². The van der Waals surface area contributed by atoms with Crippen molar-refractivity contribution in [1.82, 2.24) is 0 Å². The summed E-state index contributed by atoms with van der Waals surface area (Å²) in [5, 5.41) is 18.5. The minimum absolute atomic E-state index is 0.0931. The lowest BCUT2D eigenvalue weighted by atomic mass is 10.00. The van der Waals surface area contributed by atoms with Crippen LogP contribution in [0.25, 0.3) is 0 Å². The summed E-state index contributed by atoms with van der Waals surface area (Å²) >= 11 is 3.21. The number of aliphatic carboxylic acids is 1. The number of carbonyl (C=O) groups is 1. The highest BCUT2D eigenvalue weighted by atomic mass is 79.9. The number of halogens is 1. The van der Waals surface area contributed by atoms with Gasteiger partial charge in [-0.2, -0.15) is 0 Å². The number of benzene rings is 1. The summed E-state index contributed by atoms with van der Waals surface area (Å²) in [5.41, 5.74) is 6.44. The Kier molecular flexibility index (Phi) is 3.77. The highest BCUT2D eigenvalue weighted by Gasteiger charge is 2.25. The van der Waals surface area contributed by atoms with E-state index in [1.807, 2.05) is 0 Å². The van der Waals surface area contributed by atoms with Crippen molar-refractivity contribution in [3.63, 3.8) is 0 Å². The molecule has 0 aliphatic rings. The van der Waals surface area contributed by atoms with Gasteiger partial charge in [0.25, 0.3) is 0 Å². The van der Waals surface area contributed by atoms with Gasteiger partial charge in [0.2, 0.25) is 0 Å². The Balaban J connectivity index is 3.50. The summed E-state index contributed by atoms with van der Waals surface area (Å²) in [6, 6.07) is 0.199. The average Bonchev–Trinajstić information content (AvgIpc) is 2.21. The predicted molar refractivity (Wildman–Crippen MR) is 61.7 cm³/mol. The zero-order chi connectivity index (χ0) is 12.5. The second-order valence-electron chi connectivity index (χ2n) is 3.27. The van der Waals surface area contributed by atoms with E-state index in [2.05, 4.69) is 15.9 Å². The molecule has 1 aromatic carbocycles. The largest absolute Gasteiger partial charge is 0.504 e. The number of methoxy groups -OCH3 is 1. The van der Waals surface area contributed by atoms with E-state index < -0.39 is 12.0 Å². The van der Waals surface area contributed by atoms with E-state index in [9.17, 15) is 9.90 Å². The maximum atomic E-state index is 10.9. The third kappa shape index (κ3) is 2.12. The Morgan fingerprint density at radius 2 is 2.19 bits per heavy atom. The lowest BCUT2D eigenvalue weighted by Gasteiger charge is -2.17. The smallest absolute Gasteiger partial charge is 0.325 e. The molecule has 0 aliphatic carbocycles. The summed E-state index contributed by atoms with van der Waals surface area (Å²) < 4.78 is 5.55. The van der Waals surface area contributed by atoms with Gasteiger partial charge in [0.1, 0.15) is 6.04 Å². The van der Waals surface area contributed by atoms with Crippen LogP contribution in [-0.4, -0.2) is 23.3 Å². The van der Waals surface area contributed by atoms with E-state index >= 15 is 0 Å². The quantitative estimate of drug-likeness (QED) is 0.785. The fourth-order valence-corrected chi connectivity index (χ4v) is 1.87. The van der Waals surface area contributed by atoms with Crippen LogP contribution in [0.15, 0.2) is 10.5 Å². The fourth-order valence-electron chi connectivity index (χ4n) is 1.44. The Morgan fingerprint density at radius 3 is 2.62 bits per heavy atom. The zero-order valence-electron chi connectivity index (χ0n) is 8.82. The van der Waals surface area contributed by atoms with Gasteiger partial charge in [-0.25, -0.2) is 0 Å². The maximum Gasteiger partial charge on any atom is 0.325 e. The number of carboxylic acids is 1. The van der Waals surface area contributed by atoms with E-state index in [-0.39, 0.29) is 17.1 Å². The number of rotatable bonds is 3. The summed E-state index contributed by atoms with van der Waals surface area (Å²) in [7, 11) is 1.35. The summed E-state index contributed by atoms with van der Waals surface area (Å²) in [6.45, 7) is 1.70. The first-order chi connectivity index (χ1) is 7.40. The Labute approximate surface area is 101 Å². The molecule has 4 N–H and O–H groups in total. The second kappa shape index (κ2) is 4.71. The van der Waals surface area contributed by atoms with Crippen LogP contribution in [0.1, 0.15) is 17.2 Å². The highest BCUT2D eigenvalue weighted by molar-refractivity contribution is 9.10. The van der Waals surface area contributed by atoms with Gasteiger partial charge < -0.3 is 20.7 Å². The van der Waals surface area contributed by atoms with Gasteiger partial charge in [0.15, 0.2) is 11.5 Å². The third-order valence-electron chi connectivity index (χ3n) is 2.28. The monoisotopic (exact) mass is 289 g/mol. The molecule has 16 heavy (non-hydrogen) atoms. The number of hydrogen-bond acceptors (Lipinski definition) is 4. The van der Waals surface area contributed by atoms with Crippen molar-refractivity contribution in [2.24, 2.45) is 5.73 Å². The summed E-state index contributed by atoms with van der Waals surface area (Å²) in [4.78, 5) is 10.9. The molecule has 0 aliphatic heterocycles. The molecule has 0 bridgehead atoms. The first-order valence-electron chi connectivity index (χ1n) is 4.44. The normalized spacial score (nSPS) is 12.2. The van der Waals surface area contributed by atoms with Crippen molar-refractivity contribution >= 4 is 21.9 Å². The molecule has 6 heteroatoms. The van der Waals surface area contributed by atoms with Crippen LogP contribution in [0, 0.1) is 6.92 Å². The number of ether oxygens (including phenoxy) is 1. The standard InChI is InChI=1S/C10H12BrNO4/c1-4-5(11)3-6(13)9(16-2)7(4)8(12)10(14)15/h3,8,13H,12H2,1-2H3,(H,14,15). The van der Waals surface area contributed by atoms with Gasteiger partial charge in [0.05, 0.1) is 7.11 Å². The second-order valence-corrected chi connectivity index (χ2v) is 4.12. The van der Waals surface area contributed by atoms with E-state index in [1.165, 1.54) is 13.2 Å². The number of hydrogen-bond donors (Lipinski definition) is 3. The molecular formula is C10H12BrNO4. The van der Waals surface area contributed by atoms with Crippen molar-refractivity contribution < 1.29 is 19.7 Å². The van der Waals surface area contributed by atoms with Gasteiger partial charge >= 0.3 is 5.97 Å². The highest BCUT2D eigenvalue weighted by Crippen LogP contribution is 2.39. The van der Waals surface area contributed by atoms with E-state index in [0.29, 0.717) is 10.0 Å². The van der Waals surface area contributed by atoms with E-state index in [1.54, 1.807) is 6.92 Å². The molecule has 1 atom stereocenters. The van der Waals surface area contributed by atoms with E-state index in [0.717, 1.165) is 0 Å². The van der Waals surface area contributed by atoms with Crippen molar-refractivity contribution in [1.29, 1.82) is 0 Å². The van der Waals surface area contributed by atoms with Crippen molar-refractivity contribution in [3.8, 4) is 11.5 Å². The molecule has 0 radical (unpaired) electrons. The average molecular weight is 290 g/mol. The van der Waals surface area contributed by atoms with Crippen LogP contribution in [0.4, 0.5) is 0 Å². The number of phenolic OH excluding ortho intramolecular Hbond substituents is 1. The van der Waals surface area contributed by atoms with Gasteiger partial charge in [-0.3, -0.25) is 4.79 Å². The molecule has 0 spiro atoms. The Bertz CT molecular complexity index is 433. The lowest BCUT2D eigenvalue weighted by Crippen LogP contribution is -2.22. The lowest BCUT2D eigenvalue weighted by molar-refractivity contribution is -0.138. The van der Waals surface area contributed by atoms with Gasteiger partial charge in [-0.15, -0.1) is 0 Å². The van der Waals surface area contributed by atoms with Crippen LogP contribution in [0.2, 0.25) is 0 Å². The molecule has 0 amide bonds. The van der Waals surface area contributed by atoms with Gasteiger partial charge in [-0.1, -0.05) is 15.9 Å². The molecular weight excluding hydrogens is 278 g/mol. The minimum Gasteiger partial charge on any atom is -0.504 e. The molecule has 0 saturated carbocycles. The first-order valence-corrected chi connectivity index (χ1v) is 5.23. The minimum atomic E-state index is -1.24. The SMILES string of the molecule is COc1c(O)cc(Br)c(C)c1C(N)C(=O)O. The Hall–Kier alpha value is -1.27.